The molecular weight excluding hydrogens is 367 g/mol. The first kappa shape index (κ1) is 21.0. The Bertz CT molecular complexity index is 941. The van der Waals surface area contributed by atoms with Crippen LogP contribution in [0.3, 0.4) is 0 Å². The summed E-state index contributed by atoms with van der Waals surface area (Å²) in [5.41, 5.74) is 0.956. The van der Waals surface area contributed by atoms with Gasteiger partial charge in [0.25, 0.3) is 5.91 Å². The molecule has 2 N–H and O–H groups in total. The van der Waals surface area contributed by atoms with Gasteiger partial charge in [0, 0.05) is 11.9 Å². The minimum atomic E-state index is -4.62. The number of nitrogens with one attached hydrogen (secondary N) is 2. The largest absolute Gasteiger partial charge is 0.418 e. The van der Waals surface area contributed by atoms with Crippen LogP contribution in [0.25, 0.3) is 0 Å². The molecule has 0 fully saturated rings. The lowest BCUT2D eigenvalue weighted by Crippen LogP contribution is -2.18. The van der Waals surface area contributed by atoms with E-state index in [2.05, 4.69) is 10.6 Å². The Morgan fingerprint density at radius 3 is 2.43 bits per heavy atom. The van der Waals surface area contributed by atoms with Crippen LogP contribution in [0.2, 0.25) is 0 Å². The molecular formula is C21H20F3N3O. The van der Waals surface area contributed by atoms with E-state index in [1.807, 2.05) is 39.0 Å². The molecule has 4 nitrogen and oxygen atoms in total. The van der Waals surface area contributed by atoms with Crippen LogP contribution in [0.1, 0.15) is 36.5 Å². The zero-order valence-electron chi connectivity index (χ0n) is 15.7. The van der Waals surface area contributed by atoms with Crippen LogP contribution in [0, 0.1) is 18.3 Å². The van der Waals surface area contributed by atoms with Crippen LogP contribution in [0.4, 0.5) is 24.5 Å². The maximum atomic E-state index is 13.1. The number of benzene rings is 2. The Kier molecular flexibility index (Phi) is 6.47. The van der Waals surface area contributed by atoms with Crippen LogP contribution in [0.5, 0.6) is 0 Å². The van der Waals surface area contributed by atoms with Crippen LogP contribution in [-0.2, 0) is 11.0 Å². The van der Waals surface area contributed by atoms with Crippen molar-refractivity contribution in [3.05, 3.63) is 70.9 Å². The van der Waals surface area contributed by atoms with E-state index in [1.54, 1.807) is 6.07 Å². The number of hydrogen-bond donors (Lipinski definition) is 2. The SMILES string of the molecule is Cc1cccc(C(C)C)c1N/C=C(/C#N)C(=O)Nc1ccccc1C(F)(F)F. The summed E-state index contributed by atoms with van der Waals surface area (Å²) < 4.78 is 39.2. The van der Waals surface area contributed by atoms with Gasteiger partial charge in [-0.05, 0) is 36.1 Å². The van der Waals surface area contributed by atoms with Crippen LogP contribution < -0.4 is 10.6 Å². The van der Waals surface area contributed by atoms with Gasteiger partial charge in [0.05, 0.1) is 11.3 Å². The quantitative estimate of drug-likeness (QED) is 0.519. The summed E-state index contributed by atoms with van der Waals surface area (Å²) in [4.78, 5) is 12.3. The number of hydrogen-bond acceptors (Lipinski definition) is 3. The Balaban J connectivity index is 2.28. The number of aryl methyl sites for hydroxylation is 1. The first-order chi connectivity index (χ1) is 13.1. The van der Waals surface area contributed by atoms with Gasteiger partial charge >= 0.3 is 6.18 Å². The van der Waals surface area contributed by atoms with Gasteiger partial charge in [-0.3, -0.25) is 4.79 Å². The number of carbonyl (C=O) groups is 1. The second kappa shape index (κ2) is 8.61. The van der Waals surface area contributed by atoms with Crippen molar-refractivity contribution in [3.8, 4) is 6.07 Å². The Morgan fingerprint density at radius 1 is 1.14 bits per heavy atom. The van der Waals surface area contributed by atoms with E-state index in [0.29, 0.717) is 0 Å². The minimum absolute atomic E-state index is 0.203. The van der Waals surface area contributed by atoms with E-state index < -0.39 is 23.3 Å². The van der Waals surface area contributed by atoms with Crippen LogP contribution in [0.15, 0.2) is 54.2 Å². The summed E-state index contributed by atoms with van der Waals surface area (Å²) in [7, 11) is 0. The fourth-order valence-electron chi connectivity index (χ4n) is 2.69. The van der Waals surface area contributed by atoms with Crippen molar-refractivity contribution in [1.82, 2.24) is 0 Å². The molecule has 0 atom stereocenters. The second-order valence-corrected chi connectivity index (χ2v) is 6.51. The third kappa shape index (κ3) is 4.92. The lowest BCUT2D eigenvalue weighted by Gasteiger charge is -2.16. The third-order valence-electron chi connectivity index (χ3n) is 4.13. The van der Waals surface area contributed by atoms with Crippen LogP contribution >= 0.6 is 0 Å². The molecule has 0 aromatic heterocycles. The lowest BCUT2D eigenvalue weighted by molar-refractivity contribution is -0.137. The highest BCUT2D eigenvalue weighted by atomic mass is 19.4. The van der Waals surface area contributed by atoms with Crippen molar-refractivity contribution in [2.45, 2.75) is 32.9 Å². The van der Waals surface area contributed by atoms with Gasteiger partial charge in [-0.2, -0.15) is 18.4 Å². The van der Waals surface area contributed by atoms with Gasteiger partial charge in [-0.15, -0.1) is 0 Å². The number of amides is 1. The van der Waals surface area contributed by atoms with E-state index in [4.69, 9.17) is 0 Å². The zero-order chi connectivity index (χ0) is 20.9. The number of carbonyl (C=O) groups excluding carboxylic acids is 1. The maximum Gasteiger partial charge on any atom is 0.418 e. The van der Waals surface area contributed by atoms with E-state index >= 15 is 0 Å². The number of nitrogens with zero attached hydrogens (tertiary/aromatic N) is 1. The highest BCUT2D eigenvalue weighted by Crippen LogP contribution is 2.34. The van der Waals surface area contributed by atoms with Crippen molar-refractivity contribution in [2.75, 3.05) is 10.6 Å². The molecule has 0 spiro atoms. The number of rotatable bonds is 5. The normalized spacial score (nSPS) is 11.9. The standard InChI is InChI=1S/C21H20F3N3O/c1-13(2)16-8-6-7-14(3)19(16)26-12-15(11-25)20(28)27-18-10-5-4-9-17(18)21(22,23)24/h4-10,12-13,26H,1-3H3,(H,27,28)/b15-12-. The molecule has 0 unspecified atom stereocenters. The van der Waals surface area contributed by atoms with Crippen molar-refractivity contribution < 1.29 is 18.0 Å². The van der Waals surface area contributed by atoms with Crippen molar-refractivity contribution in [2.24, 2.45) is 0 Å². The Labute approximate surface area is 161 Å². The fourth-order valence-corrected chi connectivity index (χ4v) is 2.69. The molecule has 146 valence electrons. The molecule has 0 aliphatic carbocycles. The molecule has 2 rings (SSSR count). The first-order valence-corrected chi connectivity index (χ1v) is 8.59. The Morgan fingerprint density at radius 2 is 1.82 bits per heavy atom. The van der Waals surface area contributed by atoms with Gasteiger partial charge in [-0.1, -0.05) is 44.2 Å². The smallest absolute Gasteiger partial charge is 0.360 e. The van der Waals surface area contributed by atoms with Crippen LogP contribution in [-0.4, -0.2) is 5.91 Å². The molecule has 0 aliphatic heterocycles. The second-order valence-electron chi connectivity index (χ2n) is 6.51. The fraction of sp³-hybridized carbons (Fsp3) is 0.238. The summed E-state index contributed by atoms with van der Waals surface area (Å²) in [6, 6.07) is 12.1. The maximum absolute atomic E-state index is 13.1. The average Bonchev–Trinajstić information content (AvgIpc) is 2.62. The summed E-state index contributed by atoms with van der Waals surface area (Å²) in [6.07, 6.45) is -3.41. The lowest BCUT2D eigenvalue weighted by atomic mass is 9.98. The molecule has 0 radical (unpaired) electrons. The summed E-state index contributed by atoms with van der Waals surface area (Å²) in [5.74, 6) is -0.722. The molecule has 0 saturated carbocycles. The number of halogens is 3. The molecule has 0 heterocycles. The van der Waals surface area contributed by atoms with Gasteiger partial charge < -0.3 is 10.6 Å². The molecule has 0 saturated heterocycles. The zero-order valence-corrected chi connectivity index (χ0v) is 15.7. The number of anilines is 2. The molecule has 2 aromatic carbocycles. The summed E-state index contributed by atoms with van der Waals surface area (Å²) >= 11 is 0. The van der Waals surface area contributed by atoms with Gasteiger partial charge in [-0.25, -0.2) is 0 Å². The van der Waals surface area contributed by atoms with Gasteiger partial charge in [0.15, 0.2) is 0 Å². The molecule has 2 aromatic rings. The van der Waals surface area contributed by atoms with E-state index in [1.165, 1.54) is 18.3 Å². The van der Waals surface area contributed by atoms with E-state index in [0.717, 1.165) is 28.9 Å². The molecule has 0 aliphatic rings. The topological polar surface area (TPSA) is 64.9 Å². The van der Waals surface area contributed by atoms with Crippen molar-refractivity contribution >= 4 is 17.3 Å². The van der Waals surface area contributed by atoms with E-state index in [-0.39, 0.29) is 11.5 Å². The molecule has 7 heteroatoms. The molecule has 1 amide bonds. The molecule has 28 heavy (non-hydrogen) atoms. The average molecular weight is 387 g/mol. The minimum Gasteiger partial charge on any atom is -0.360 e. The third-order valence-corrected chi connectivity index (χ3v) is 4.13. The highest BCUT2D eigenvalue weighted by molar-refractivity contribution is 6.07. The van der Waals surface area contributed by atoms with Crippen molar-refractivity contribution in [3.63, 3.8) is 0 Å². The summed E-state index contributed by atoms with van der Waals surface area (Å²) in [5, 5.41) is 14.4. The molecule has 0 bridgehead atoms. The van der Waals surface area contributed by atoms with Gasteiger partial charge in [0.2, 0.25) is 0 Å². The van der Waals surface area contributed by atoms with Crippen molar-refractivity contribution in [1.29, 1.82) is 5.26 Å². The van der Waals surface area contributed by atoms with E-state index in [9.17, 15) is 23.2 Å². The highest BCUT2D eigenvalue weighted by Gasteiger charge is 2.33. The number of nitriles is 1. The van der Waals surface area contributed by atoms with Gasteiger partial charge in [0.1, 0.15) is 11.6 Å². The monoisotopic (exact) mass is 387 g/mol. The number of para-hydroxylation sites is 2. The number of alkyl halides is 3. The predicted molar refractivity (Wildman–Crippen MR) is 103 cm³/mol. The predicted octanol–water partition coefficient (Wildman–Crippen LogP) is 5.60. The summed E-state index contributed by atoms with van der Waals surface area (Å²) in [6.45, 7) is 5.90. The Hall–Kier alpha value is -3.27. The first-order valence-electron chi connectivity index (χ1n) is 8.59.